The Morgan fingerprint density at radius 3 is 2.37 bits per heavy atom. The molecule has 3 aromatic carbocycles. The lowest BCUT2D eigenvalue weighted by Crippen LogP contribution is -2.34. The molecule has 1 aliphatic heterocycles. The van der Waals surface area contributed by atoms with Crippen LogP contribution in [0.3, 0.4) is 0 Å². The number of anilines is 2. The van der Waals surface area contributed by atoms with E-state index in [4.69, 9.17) is 5.11 Å². The van der Waals surface area contributed by atoms with Gasteiger partial charge in [-0.1, -0.05) is 18.2 Å². The van der Waals surface area contributed by atoms with Crippen LogP contribution in [-0.4, -0.2) is 79.1 Å². The molecule has 4 N–H and O–H groups in total. The van der Waals surface area contributed by atoms with Gasteiger partial charge in [-0.2, -0.15) is 13.2 Å². The fourth-order valence-electron chi connectivity index (χ4n) is 5.82. The summed E-state index contributed by atoms with van der Waals surface area (Å²) in [7, 11) is 1.67. The summed E-state index contributed by atoms with van der Waals surface area (Å²) in [6.07, 6.45) is 0.229. The molecule has 4 aromatic rings. The number of aliphatic hydroxyl groups is 1. The maximum absolute atomic E-state index is 13.6. The number of amides is 3. The first-order valence-electron chi connectivity index (χ1n) is 16.8. The number of carbonyl (C=O) groups is 3. The van der Waals surface area contributed by atoms with E-state index in [9.17, 15) is 27.6 Å². The zero-order chi connectivity index (χ0) is 36.4. The number of aromatic nitrogens is 1. The quantitative estimate of drug-likeness (QED) is 0.134. The zero-order valence-corrected chi connectivity index (χ0v) is 28.3. The fourth-order valence-corrected chi connectivity index (χ4v) is 5.82. The number of pyridine rings is 1. The monoisotopic (exact) mass is 702 g/mol. The summed E-state index contributed by atoms with van der Waals surface area (Å²) in [5.74, 6) is -1.20. The summed E-state index contributed by atoms with van der Waals surface area (Å²) in [4.78, 5) is 48.2. The summed E-state index contributed by atoms with van der Waals surface area (Å²) in [6, 6.07) is 20.0. The van der Waals surface area contributed by atoms with Crippen LogP contribution >= 0.6 is 0 Å². The number of hydrogen-bond donors (Lipinski definition) is 4. The summed E-state index contributed by atoms with van der Waals surface area (Å²) in [6.45, 7) is 3.00. The molecule has 1 aromatic heterocycles. The van der Waals surface area contributed by atoms with E-state index in [1.54, 1.807) is 37.4 Å². The Balaban J connectivity index is 1.37. The van der Waals surface area contributed by atoms with Crippen molar-refractivity contribution in [1.82, 2.24) is 20.5 Å². The molecule has 1 fully saturated rings. The second-order valence-electron chi connectivity index (χ2n) is 12.3. The van der Waals surface area contributed by atoms with Crippen molar-refractivity contribution in [2.75, 3.05) is 56.6 Å². The van der Waals surface area contributed by atoms with Gasteiger partial charge in [0.25, 0.3) is 17.7 Å². The lowest BCUT2D eigenvalue weighted by molar-refractivity contribution is -0.137. The number of likely N-dealkylation sites (N-methyl/N-ethyl adjacent to an activating group) is 1. The van der Waals surface area contributed by atoms with Crippen molar-refractivity contribution in [3.63, 3.8) is 0 Å². The molecule has 0 bridgehead atoms. The van der Waals surface area contributed by atoms with Crippen LogP contribution in [0.1, 0.15) is 61.5 Å². The largest absolute Gasteiger partial charge is 0.416 e. The third-order valence-corrected chi connectivity index (χ3v) is 8.61. The van der Waals surface area contributed by atoms with Crippen molar-refractivity contribution in [2.45, 2.75) is 32.0 Å². The predicted molar refractivity (Wildman–Crippen MR) is 190 cm³/mol. The molecular weight excluding hydrogens is 661 g/mol. The van der Waals surface area contributed by atoms with Gasteiger partial charge in [-0.05, 0) is 85.5 Å². The third kappa shape index (κ3) is 9.92. The minimum absolute atomic E-state index is 0.000717. The molecule has 10 nitrogen and oxygen atoms in total. The number of halogens is 3. The maximum Gasteiger partial charge on any atom is 0.416 e. The van der Waals surface area contributed by atoms with Crippen molar-refractivity contribution in [3.05, 3.63) is 113 Å². The molecule has 13 heteroatoms. The molecule has 268 valence electrons. The van der Waals surface area contributed by atoms with Crippen molar-refractivity contribution in [2.24, 2.45) is 0 Å². The Kier molecular flexibility index (Phi) is 12.4. The lowest BCUT2D eigenvalue weighted by Gasteiger charge is -2.29. The molecule has 2 heterocycles. The Morgan fingerprint density at radius 2 is 1.61 bits per heavy atom. The number of aliphatic hydroxyl groups excluding tert-OH is 1. The van der Waals surface area contributed by atoms with Crippen LogP contribution in [0.5, 0.6) is 0 Å². The molecule has 0 unspecified atom stereocenters. The smallest absolute Gasteiger partial charge is 0.395 e. The molecule has 1 saturated heterocycles. The highest BCUT2D eigenvalue weighted by Crippen LogP contribution is 2.33. The van der Waals surface area contributed by atoms with Gasteiger partial charge in [0.1, 0.15) is 0 Å². The zero-order valence-electron chi connectivity index (χ0n) is 28.3. The third-order valence-electron chi connectivity index (χ3n) is 8.61. The van der Waals surface area contributed by atoms with Crippen molar-refractivity contribution < 1.29 is 32.7 Å². The number of alkyl halides is 3. The van der Waals surface area contributed by atoms with Gasteiger partial charge in [-0.25, -0.2) is 0 Å². The average molecular weight is 703 g/mol. The molecule has 0 aliphatic carbocycles. The topological polar surface area (TPSA) is 127 Å². The first-order chi connectivity index (χ1) is 24.5. The highest BCUT2D eigenvalue weighted by atomic mass is 19.4. The standard InChI is InChI=1S/C38H41F3N6O4/c1-46(19-15-42-16-20-48)37(51)29-9-6-8-27(22-29)36(50)45-33-12-11-31(47-17-3-2-4-18-47)24-32(33)34-23-28(13-14-43-34)35(49)44-25-26-7-5-10-30(21-26)38(39,40)41/h5-14,21-24,42,48H,2-4,15-20,25H2,1H3,(H,44,49)(H,45,50). The van der Waals surface area contributed by atoms with Crippen molar-refractivity contribution >= 4 is 29.1 Å². The van der Waals surface area contributed by atoms with E-state index >= 15 is 0 Å². The van der Waals surface area contributed by atoms with Crippen LogP contribution in [0, 0.1) is 0 Å². The molecule has 0 spiro atoms. The molecule has 51 heavy (non-hydrogen) atoms. The van der Waals surface area contributed by atoms with Gasteiger partial charge in [0.15, 0.2) is 0 Å². The minimum Gasteiger partial charge on any atom is -0.395 e. The fraction of sp³-hybridized carbons (Fsp3) is 0.316. The van der Waals surface area contributed by atoms with Gasteiger partial charge >= 0.3 is 6.18 Å². The minimum atomic E-state index is -4.49. The first-order valence-corrected chi connectivity index (χ1v) is 16.8. The van der Waals surface area contributed by atoms with Crippen LogP contribution in [0.4, 0.5) is 24.5 Å². The summed E-state index contributed by atoms with van der Waals surface area (Å²) >= 11 is 0. The number of piperidine rings is 1. The number of benzene rings is 3. The lowest BCUT2D eigenvalue weighted by atomic mass is 10.0. The highest BCUT2D eigenvalue weighted by molar-refractivity contribution is 6.08. The van der Waals surface area contributed by atoms with Crippen LogP contribution in [-0.2, 0) is 12.7 Å². The van der Waals surface area contributed by atoms with E-state index in [-0.39, 0.29) is 30.2 Å². The van der Waals surface area contributed by atoms with E-state index in [0.717, 1.165) is 50.2 Å². The second kappa shape index (κ2) is 17.1. The molecule has 5 rings (SSSR count). The predicted octanol–water partition coefficient (Wildman–Crippen LogP) is 5.59. The normalized spacial score (nSPS) is 13.1. The van der Waals surface area contributed by atoms with E-state index in [1.165, 1.54) is 35.4 Å². The number of nitrogens with one attached hydrogen (secondary N) is 3. The van der Waals surface area contributed by atoms with Gasteiger partial charge in [0.2, 0.25) is 0 Å². The Labute approximate surface area is 294 Å². The first kappa shape index (κ1) is 37.0. The van der Waals surface area contributed by atoms with Crippen LogP contribution in [0.2, 0.25) is 0 Å². The highest BCUT2D eigenvalue weighted by Gasteiger charge is 2.30. The molecular formula is C38H41F3N6O4. The second-order valence-corrected chi connectivity index (χ2v) is 12.3. The number of rotatable bonds is 13. The molecule has 0 saturated carbocycles. The number of hydrogen-bond acceptors (Lipinski definition) is 7. The molecule has 0 atom stereocenters. The Hall–Kier alpha value is -5.27. The average Bonchev–Trinajstić information content (AvgIpc) is 3.15. The molecule has 0 radical (unpaired) electrons. The Bertz CT molecular complexity index is 1840. The van der Waals surface area contributed by atoms with E-state index in [0.29, 0.717) is 47.7 Å². The van der Waals surface area contributed by atoms with Crippen LogP contribution in [0.25, 0.3) is 11.3 Å². The van der Waals surface area contributed by atoms with Gasteiger partial charge in [0, 0.05) is 80.5 Å². The molecule has 1 aliphatic rings. The van der Waals surface area contributed by atoms with E-state index in [1.807, 2.05) is 12.1 Å². The van der Waals surface area contributed by atoms with Crippen molar-refractivity contribution in [1.29, 1.82) is 0 Å². The number of nitrogens with zero attached hydrogens (tertiary/aromatic N) is 3. The summed E-state index contributed by atoms with van der Waals surface area (Å²) in [5.41, 5.74) is 2.74. The summed E-state index contributed by atoms with van der Waals surface area (Å²) < 4.78 is 39.5. The summed E-state index contributed by atoms with van der Waals surface area (Å²) in [5, 5.41) is 17.6. The van der Waals surface area contributed by atoms with Gasteiger partial charge in [0.05, 0.1) is 23.6 Å². The van der Waals surface area contributed by atoms with Crippen LogP contribution < -0.4 is 20.9 Å². The SMILES string of the molecule is CN(CCNCCO)C(=O)c1cccc(C(=O)Nc2ccc(N3CCCCC3)cc2-c2cc(C(=O)NCc3cccc(C(F)(F)F)c3)ccn2)c1. The Morgan fingerprint density at radius 1 is 0.863 bits per heavy atom. The van der Waals surface area contributed by atoms with Crippen LogP contribution in [0.15, 0.2) is 85.1 Å². The maximum atomic E-state index is 13.6. The van der Waals surface area contributed by atoms with Crippen molar-refractivity contribution in [3.8, 4) is 11.3 Å². The van der Waals surface area contributed by atoms with Gasteiger partial charge in [-0.3, -0.25) is 19.4 Å². The van der Waals surface area contributed by atoms with E-state index < -0.39 is 23.6 Å². The van der Waals surface area contributed by atoms with Gasteiger partial charge < -0.3 is 30.9 Å². The van der Waals surface area contributed by atoms with Gasteiger partial charge in [-0.15, -0.1) is 0 Å². The van der Waals surface area contributed by atoms with E-state index in [2.05, 4.69) is 25.8 Å². The number of carbonyl (C=O) groups excluding carboxylic acids is 3. The molecule has 3 amide bonds.